The van der Waals surface area contributed by atoms with Gasteiger partial charge in [-0.1, -0.05) is 35.4 Å². The van der Waals surface area contributed by atoms with Crippen molar-refractivity contribution in [2.75, 3.05) is 11.9 Å². The molecule has 0 unspecified atom stereocenters. The van der Waals surface area contributed by atoms with Crippen LogP contribution in [0.1, 0.15) is 53.8 Å². The fraction of sp³-hybridized carbons (Fsp3) is 0.381. The number of allylic oxidation sites excluding steroid dienone is 1. The summed E-state index contributed by atoms with van der Waals surface area (Å²) in [5.41, 5.74) is 3.62. The second-order valence-corrected chi connectivity index (χ2v) is 7.25. The van der Waals surface area contributed by atoms with Gasteiger partial charge in [0, 0.05) is 23.8 Å². The summed E-state index contributed by atoms with van der Waals surface area (Å²) in [5, 5.41) is 6.82. The second kappa shape index (κ2) is 9.51. The number of aromatic nitrogens is 2. The van der Waals surface area contributed by atoms with Crippen LogP contribution < -0.4 is 10.6 Å². The lowest BCUT2D eigenvalue weighted by molar-refractivity contribution is 0.0945. The number of carbonyl (C=O) groups excluding carboxylic acids is 1. The Bertz CT molecular complexity index is 817. The van der Waals surface area contributed by atoms with Crippen molar-refractivity contribution >= 4 is 23.5 Å². The van der Waals surface area contributed by atoms with Crippen molar-refractivity contribution in [3.05, 3.63) is 64.0 Å². The van der Waals surface area contributed by atoms with Crippen LogP contribution in [-0.2, 0) is 6.54 Å². The molecule has 1 heterocycles. The molecule has 1 aromatic heterocycles. The smallest absolute Gasteiger partial charge is 0.270 e. The summed E-state index contributed by atoms with van der Waals surface area (Å²) in [5.74, 6) is 0.288. The first-order chi connectivity index (χ1) is 13.1. The molecule has 0 bridgehead atoms. The van der Waals surface area contributed by atoms with Crippen LogP contribution in [-0.4, -0.2) is 22.4 Å². The Morgan fingerprint density at radius 3 is 2.74 bits per heavy atom. The number of anilines is 1. The number of benzene rings is 1. The number of carbonyl (C=O) groups is 1. The topological polar surface area (TPSA) is 66.9 Å². The molecule has 3 rings (SSSR count). The van der Waals surface area contributed by atoms with Crippen LogP contribution in [0, 0.1) is 6.92 Å². The molecule has 0 atom stereocenters. The van der Waals surface area contributed by atoms with Gasteiger partial charge in [0.05, 0.1) is 0 Å². The molecule has 0 spiro atoms. The Hall–Kier alpha value is -2.40. The Kier molecular flexibility index (Phi) is 6.82. The van der Waals surface area contributed by atoms with Gasteiger partial charge in [-0.25, -0.2) is 9.97 Å². The van der Waals surface area contributed by atoms with E-state index in [-0.39, 0.29) is 5.91 Å². The number of nitrogens with one attached hydrogen (secondary N) is 2. The number of nitrogens with zero attached hydrogens (tertiary/aromatic N) is 2. The van der Waals surface area contributed by atoms with E-state index in [1.807, 2.05) is 31.2 Å². The van der Waals surface area contributed by atoms with Crippen molar-refractivity contribution in [2.24, 2.45) is 0 Å². The van der Waals surface area contributed by atoms with Crippen molar-refractivity contribution in [1.82, 2.24) is 15.3 Å². The summed E-state index contributed by atoms with van der Waals surface area (Å²) in [6.07, 6.45) is 8.30. The van der Waals surface area contributed by atoms with Gasteiger partial charge in [-0.15, -0.1) is 0 Å². The average Bonchev–Trinajstić information content (AvgIpc) is 2.68. The fourth-order valence-electron chi connectivity index (χ4n) is 3.11. The minimum atomic E-state index is -0.214. The highest BCUT2D eigenvalue weighted by Gasteiger charge is 2.11. The van der Waals surface area contributed by atoms with Gasteiger partial charge in [0.25, 0.3) is 5.91 Å². The number of hydrogen-bond donors (Lipinski definition) is 2. The van der Waals surface area contributed by atoms with Gasteiger partial charge in [0.1, 0.15) is 5.69 Å². The van der Waals surface area contributed by atoms with Gasteiger partial charge < -0.3 is 10.6 Å². The largest absolute Gasteiger partial charge is 0.354 e. The van der Waals surface area contributed by atoms with Crippen LogP contribution in [0.15, 0.2) is 42.0 Å². The van der Waals surface area contributed by atoms with Crippen LogP contribution in [0.5, 0.6) is 0 Å². The molecule has 0 radical (unpaired) electrons. The van der Waals surface area contributed by atoms with E-state index in [0.29, 0.717) is 23.2 Å². The Morgan fingerprint density at radius 2 is 2.00 bits per heavy atom. The summed E-state index contributed by atoms with van der Waals surface area (Å²) in [4.78, 5) is 21.2. The molecule has 0 saturated carbocycles. The summed E-state index contributed by atoms with van der Waals surface area (Å²) >= 11 is 5.88. The van der Waals surface area contributed by atoms with E-state index in [1.165, 1.54) is 31.3 Å². The van der Waals surface area contributed by atoms with Gasteiger partial charge in [0.2, 0.25) is 5.95 Å². The minimum Gasteiger partial charge on any atom is -0.354 e. The standard InChI is InChI=1S/C21H25ClN4O/c1-15-13-19(20(27)24-14-17-7-9-18(22)10-8-17)26-21(25-15)23-12-11-16-5-3-2-4-6-16/h5,7-10,13H,2-4,6,11-12,14H2,1H3,(H,24,27)(H,23,25,26). The molecule has 0 saturated heterocycles. The Balaban J connectivity index is 1.55. The molecule has 6 heteroatoms. The summed E-state index contributed by atoms with van der Waals surface area (Å²) in [7, 11) is 0. The van der Waals surface area contributed by atoms with E-state index in [4.69, 9.17) is 11.6 Å². The predicted molar refractivity (Wildman–Crippen MR) is 109 cm³/mol. The molecular weight excluding hydrogens is 360 g/mol. The maximum absolute atomic E-state index is 12.4. The first kappa shape index (κ1) is 19.4. The lowest BCUT2D eigenvalue weighted by Gasteiger charge is -2.13. The quantitative estimate of drug-likeness (QED) is 0.680. The number of halogens is 1. The zero-order valence-electron chi connectivity index (χ0n) is 15.6. The third-order valence-electron chi connectivity index (χ3n) is 4.57. The Morgan fingerprint density at radius 1 is 1.19 bits per heavy atom. The van der Waals surface area contributed by atoms with E-state index in [2.05, 4.69) is 26.7 Å². The molecule has 1 amide bonds. The van der Waals surface area contributed by atoms with Gasteiger partial charge >= 0.3 is 0 Å². The van der Waals surface area contributed by atoms with Crippen molar-refractivity contribution in [1.29, 1.82) is 0 Å². The van der Waals surface area contributed by atoms with E-state index in [0.717, 1.165) is 24.2 Å². The molecule has 2 N–H and O–H groups in total. The number of hydrogen-bond acceptors (Lipinski definition) is 4. The monoisotopic (exact) mass is 384 g/mol. The molecule has 0 aliphatic heterocycles. The van der Waals surface area contributed by atoms with Gasteiger partial charge in [-0.05, 0) is 62.8 Å². The van der Waals surface area contributed by atoms with Crippen LogP contribution in [0.2, 0.25) is 5.02 Å². The molecular formula is C21H25ClN4O. The number of aryl methyl sites for hydroxylation is 1. The fourth-order valence-corrected chi connectivity index (χ4v) is 3.23. The number of rotatable bonds is 7. The molecule has 27 heavy (non-hydrogen) atoms. The zero-order chi connectivity index (χ0) is 19.1. The maximum atomic E-state index is 12.4. The van der Waals surface area contributed by atoms with Crippen molar-refractivity contribution in [2.45, 2.75) is 45.6 Å². The first-order valence-corrected chi connectivity index (χ1v) is 9.78. The summed E-state index contributed by atoms with van der Waals surface area (Å²) in [6, 6.07) is 9.09. The maximum Gasteiger partial charge on any atom is 0.270 e. The minimum absolute atomic E-state index is 0.214. The van der Waals surface area contributed by atoms with Crippen LogP contribution in [0.3, 0.4) is 0 Å². The number of amides is 1. The lowest BCUT2D eigenvalue weighted by atomic mass is 9.97. The SMILES string of the molecule is Cc1cc(C(=O)NCc2ccc(Cl)cc2)nc(NCCC2=CCCCC2)n1. The van der Waals surface area contributed by atoms with Gasteiger partial charge in [0.15, 0.2) is 0 Å². The lowest BCUT2D eigenvalue weighted by Crippen LogP contribution is -2.24. The third-order valence-corrected chi connectivity index (χ3v) is 4.82. The second-order valence-electron chi connectivity index (χ2n) is 6.81. The molecule has 142 valence electrons. The van der Waals surface area contributed by atoms with Crippen LogP contribution in [0.4, 0.5) is 5.95 Å². The van der Waals surface area contributed by atoms with Gasteiger partial charge in [-0.2, -0.15) is 0 Å². The predicted octanol–water partition coefficient (Wildman–Crippen LogP) is 4.67. The highest BCUT2D eigenvalue weighted by atomic mass is 35.5. The molecule has 2 aromatic rings. The zero-order valence-corrected chi connectivity index (χ0v) is 16.4. The summed E-state index contributed by atoms with van der Waals surface area (Å²) in [6.45, 7) is 3.07. The molecule has 1 aromatic carbocycles. The van der Waals surface area contributed by atoms with Crippen molar-refractivity contribution in [3.63, 3.8) is 0 Å². The molecule has 0 fully saturated rings. The van der Waals surface area contributed by atoms with Crippen LogP contribution >= 0.6 is 11.6 Å². The van der Waals surface area contributed by atoms with Gasteiger partial charge in [-0.3, -0.25) is 4.79 Å². The Labute approximate surface area is 165 Å². The molecule has 5 nitrogen and oxygen atoms in total. The van der Waals surface area contributed by atoms with E-state index >= 15 is 0 Å². The first-order valence-electron chi connectivity index (χ1n) is 9.40. The van der Waals surface area contributed by atoms with Crippen molar-refractivity contribution in [3.8, 4) is 0 Å². The normalized spacial score (nSPS) is 13.8. The van der Waals surface area contributed by atoms with Crippen LogP contribution in [0.25, 0.3) is 0 Å². The average molecular weight is 385 g/mol. The highest BCUT2D eigenvalue weighted by molar-refractivity contribution is 6.30. The molecule has 1 aliphatic rings. The van der Waals surface area contributed by atoms with Crippen molar-refractivity contribution < 1.29 is 4.79 Å². The molecule has 1 aliphatic carbocycles. The van der Waals surface area contributed by atoms with E-state index in [1.54, 1.807) is 6.07 Å². The van der Waals surface area contributed by atoms with E-state index in [9.17, 15) is 4.79 Å². The highest BCUT2D eigenvalue weighted by Crippen LogP contribution is 2.20. The van der Waals surface area contributed by atoms with E-state index < -0.39 is 0 Å². The summed E-state index contributed by atoms with van der Waals surface area (Å²) < 4.78 is 0. The third kappa shape index (κ3) is 6.07.